The Balaban J connectivity index is 2.11. The maximum Gasteiger partial charge on any atom is 0.0426 e. The van der Waals surface area contributed by atoms with Crippen LogP contribution in [0.4, 0.5) is 11.4 Å². The van der Waals surface area contributed by atoms with E-state index < -0.39 is 0 Å². The van der Waals surface area contributed by atoms with E-state index in [-0.39, 0.29) is 0 Å². The lowest BCUT2D eigenvalue weighted by atomic mass is 10.2. The Morgan fingerprint density at radius 2 is 1.82 bits per heavy atom. The van der Waals surface area contributed by atoms with E-state index in [1.807, 2.05) is 49.5 Å². The summed E-state index contributed by atoms with van der Waals surface area (Å²) >= 11 is 5.96. The number of nitrogen functional groups attached to an aromatic ring is 1. The number of hydrogen-bond acceptors (Lipinski definition) is 2. The number of benzene rings is 2. The van der Waals surface area contributed by atoms with E-state index in [1.54, 1.807) is 0 Å². The second-order valence-electron chi connectivity index (χ2n) is 4.08. The Morgan fingerprint density at radius 3 is 2.47 bits per heavy atom. The van der Waals surface area contributed by atoms with E-state index in [0.717, 1.165) is 22.9 Å². The standard InChI is InChI=1S/C14H15ClN2/c1-17(14-7-5-13(16)6-8-14)10-11-3-2-4-12(15)9-11/h2-9H,10,16H2,1H3. The molecule has 2 aromatic rings. The fourth-order valence-electron chi connectivity index (χ4n) is 1.73. The monoisotopic (exact) mass is 246 g/mol. The molecule has 88 valence electrons. The van der Waals surface area contributed by atoms with Crippen molar-refractivity contribution in [1.82, 2.24) is 0 Å². The van der Waals surface area contributed by atoms with Crippen molar-refractivity contribution in [2.45, 2.75) is 6.54 Å². The van der Waals surface area contributed by atoms with E-state index in [4.69, 9.17) is 17.3 Å². The molecule has 0 fully saturated rings. The van der Waals surface area contributed by atoms with Gasteiger partial charge >= 0.3 is 0 Å². The summed E-state index contributed by atoms with van der Waals surface area (Å²) in [7, 11) is 2.05. The topological polar surface area (TPSA) is 29.3 Å². The van der Waals surface area contributed by atoms with Gasteiger partial charge < -0.3 is 10.6 Å². The van der Waals surface area contributed by atoms with Crippen molar-refractivity contribution in [2.75, 3.05) is 17.7 Å². The number of halogens is 1. The van der Waals surface area contributed by atoms with Gasteiger partial charge in [-0.25, -0.2) is 0 Å². The van der Waals surface area contributed by atoms with Gasteiger partial charge in [-0.05, 0) is 42.0 Å². The van der Waals surface area contributed by atoms with Crippen LogP contribution in [0, 0.1) is 0 Å². The molecule has 2 aromatic carbocycles. The first kappa shape index (κ1) is 11.8. The van der Waals surface area contributed by atoms with Crippen LogP contribution in [0.5, 0.6) is 0 Å². The van der Waals surface area contributed by atoms with Gasteiger partial charge in [0.1, 0.15) is 0 Å². The molecule has 0 atom stereocenters. The smallest absolute Gasteiger partial charge is 0.0426 e. The third kappa shape index (κ3) is 3.14. The fraction of sp³-hybridized carbons (Fsp3) is 0.143. The normalized spacial score (nSPS) is 10.2. The van der Waals surface area contributed by atoms with Crippen LogP contribution in [0.25, 0.3) is 0 Å². The Bertz CT molecular complexity index is 494. The van der Waals surface area contributed by atoms with Crippen LogP contribution in [0.15, 0.2) is 48.5 Å². The number of anilines is 2. The van der Waals surface area contributed by atoms with Gasteiger partial charge in [-0.15, -0.1) is 0 Å². The number of hydrogen-bond donors (Lipinski definition) is 1. The van der Waals surface area contributed by atoms with Crippen LogP contribution in [0.1, 0.15) is 5.56 Å². The average Bonchev–Trinajstić information content (AvgIpc) is 2.29. The first-order valence-electron chi connectivity index (χ1n) is 5.46. The van der Waals surface area contributed by atoms with Crippen molar-refractivity contribution in [3.05, 3.63) is 59.1 Å². The van der Waals surface area contributed by atoms with Gasteiger partial charge in [0.05, 0.1) is 0 Å². The minimum absolute atomic E-state index is 0.771. The van der Waals surface area contributed by atoms with Crippen molar-refractivity contribution in [2.24, 2.45) is 0 Å². The van der Waals surface area contributed by atoms with Crippen LogP contribution in [0.2, 0.25) is 5.02 Å². The highest BCUT2D eigenvalue weighted by atomic mass is 35.5. The van der Waals surface area contributed by atoms with E-state index in [9.17, 15) is 0 Å². The maximum atomic E-state index is 5.96. The van der Waals surface area contributed by atoms with Gasteiger partial charge in [-0.2, -0.15) is 0 Å². The lowest BCUT2D eigenvalue weighted by molar-refractivity contribution is 0.923. The molecule has 0 aliphatic heterocycles. The molecule has 0 saturated carbocycles. The van der Waals surface area contributed by atoms with E-state index >= 15 is 0 Å². The van der Waals surface area contributed by atoms with Gasteiger partial charge in [0.25, 0.3) is 0 Å². The summed E-state index contributed by atoms with van der Waals surface area (Å²) in [5.41, 5.74) is 8.78. The van der Waals surface area contributed by atoms with Gasteiger partial charge in [-0.3, -0.25) is 0 Å². The van der Waals surface area contributed by atoms with Gasteiger partial charge in [0.15, 0.2) is 0 Å². The molecule has 17 heavy (non-hydrogen) atoms. The van der Waals surface area contributed by atoms with Crippen LogP contribution in [-0.4, -0.2) is 7.05 Å². The second-order valence-corrected chi connectivity index (χ2v) is 4.51. The molecule has 2 N–H and O–H groups in total. The zero-order valence-corrected chi connectivity index (χ0v) is 10.5. The van der Waals surface area contributed by atoms with E-state index in [1.165, 1.54) is 5.56 Å². The van der Waals surface area contributed by atoms with Crippen molar-refractivity contribution in [1.29, 1.82) is 0 Å². The zero-order chi connectivity index (χ0) is 12.3. The first-order valence-corrected chi connectivity index (χ1v) is 5.84. The van der Waals surface area contributed by atoms with Crippen molar-refractivity contribution in [3.63, 3.8) is 0 Å². The molecular weight excluding hydrogens is 232 g/mol. The van der Waals surface area contributed by atoms with E-state index in [2.05, 4.69) is 11.0 Å². The molecule has 0 amide bonds. The number of nitrogens with two attached hydrogens (primary N) is 1. The largest absolute Gasteiger partial charge is 0.399 e. The Morgan fingerprint density at radius 1 is 1.12 bits per heavy atom. The van der Waals surface area contributed by atoms with Gasteiger partial charge in [0, 0.05) is 30.0 Å². The zero-order valence-electron chi connectivity index (χ0n) is 9.73. The highest BCUT2D eigenvalue weighted by Crippen LogP contribution is 2.18. The van der Waals surface area contributed by atoms with E-state index in [0.29, 0.717) is 0 Å². The summed E-state index contributed by atoms with van der Waals surface area (Å²) < 4.78 is 0. The SMILES string of the molecule is CN(Cc1cccc(Cl)c1)c1ccc(N)cc1. The van der Waals surface area contributed by atoms with Crippen LogP contribution in [-0.2, 0) is 6.54 Å². The molecule has 0 radical (unpaired) electrons. The third-order valence-corrected chi connectivity index (χ3v) is 2.88. The second kappa shape index (κ2) is 5.11. The van der Waals surface area contributed by atoms with Crippen molar-refractivity contribution < 1.29 is 0 Å². The third-order valence-electron chi connectivity index (χ3n) is 2.64. The Hall–Kier alpha value is -1.67. The summed E-state index contributed by atoms with van der Waals surface area (Å²) in [5, 5.41) is 0.771. The lowest BCUT2D eigenvalue weighted by Crippen LogP contribution is -2.16. The molecule has 0 heterocycles. The van der Waals surface area contributed by atoms with Crippen molar-refractivity contribution in [3.8, 4) is 0 Å². The molecule has 2 rings (SSSR count). The quantitative estimate of drug-likeness (QED) is 0.840. The van der Waals surface area contributed by atoms with Crippen molar-refractivity contribution >= 4 is 23.0 Å². The minimum Gasteiger partial charge on any atom is -0.399 e. The Labute approximate surface area is 107 Å². The summed E-state index contributed by atoms with van der Waals surface area (Å²) in [6, 6.07) is 15.7. The molecule has 2 nitrogen and oxygen atoms in total. The molecule has 0 saturated heterocycles. The van der Waals surface area contributed by atoms with Crippen LogP contribution >= 0.6 is 11.6 Å². The number of nitrogens with zero attached hydrogens (tertiary/aromatic N) is 1. The summed E-state index contributed by atoms with van der Waals surface area (Å²) in [4.78, 5) is 2.16. The summed E-state index contributed by atoms with van der Waals surface area (Å²) in [6.45, 7) is 0.824. The predicted molar refractivity (Wildman–Crippen MR) is 74.4 cm³/mol. The highest BCUT2D eigenvalue weighted by molar-refractivity contribution is 6.30. The van der Waals surface area contributed by atoms with Crippen LogP contribution in [0.3, 0.4) is 0 Å². The van der Waals surface area contributed by atoms with Gasteiger partial charge in [-0.1, -0.05) is 23.7 Å². The minimum atomic E-state index is 0.771. The molecule has 0 aliphatic rings. The average molecular weight is 247 g/mol. The Kier molecular flexibility index (Phi) is 3.55. The molecule has 0 bridgehead atoms. The fourth-order valence-corrected chi connectivity index (χ4v) is 1.94. The lowest BCUT2D eigenvalue weighted by Gasteiger charge is -2.19. The molecule has 0 spiro atoms. The summed E-state index contributed by atoms with van der Waals surface area (Å²) in [5.74, 6) is 0. The van der Waals surface area contributed by atoms with Crippen LogP contribution < -0.4 is 10.6 Å². The first-order chi connectivity index (χ1) is 8.15. The predicted octanol–water partition coefficient (Wildman–Crippen LogP) is 3.56. The molecule has 0 aliphatic carbocycles. The summed E-state index contributed by atoms with van der Waals surface area (Å²) in [6.07, 6.45) is 0. The number of rotatable bonds is 3. The molecule has 3 heteroatoms. The highest BCUT2D eigenvalue weighted by Gasteiger charge is 2.02. The maximum absolute atomic E-state index is 5.96. The molecule has 0 unspecified atom stereocenters. The molecule has 0 aromatic heterocycles. The molecular formula is C14H15ClN2. The van der Waals surface area contributed by atoms with Gasteiger partial charge in [0.2, 0.25) is 0 Å².